The number of aryl methyl sites for hydroxylation is 2. The average molecular weight is 196 g/mol. The molecule has 0 saturated carbocycles. The molecule has 4 nitrogen and oxygen atoms in total. The quantitative estimate of drug-likeness (QED) is 0.689. The summed E-state index contributed by atoms with van der Waals surface area (Å²) in [6.45, 7) is 2.59. The lowest BCUT2D eigenvalue weighted by molar-refractivity contribution is 0.281. The molecule has 0 amide bonds. The molecule has 0 radical (unpaired) electrons. The number of hydrogen-bond donors (Lipinski definition) is 2. The standard InChI is InChI=1S/C10H16N2O2/c1-8-6-10(14)12(7-9(8)11)4-2-3-5-13/h6-7,13H,2-5,11H2,1H3. The minimum atomic E-state index is -0.0327. The second-order valence-electron chi connectivity index (χ2n) is 3.37. The number of aliphatic hydroxyl groups excluding tert-OH is 1. The molecule has 0 aliphatic rings. The fourth-order valence-electron chi connectivity index (χ4n) is 1.25. The molecule has 4 heteroatoms. The number of aromatic nitrogens is 1. The predicted molar refractivity (Wildman–Crippen MR) is 56.2 cm³/mol. The Bertz CT molecular complexity index is 358. The van der Waals surface area contributed by atoms with Crippen LogP contribution in [0.5, 0.6) is 0 Å². The van der Waals surface area contributed by atoms with E-state index in [1.807, 2.05) is 6.92 Å². The second-order valence-corrected chi connectivity index (χ2v) is 3.37. The van der Waals surface area contributed by atoms with Crippen molar-refractivity contribution in [3.05, 3.63) is 28.2 Å². The lowest BCUT2D eigenvalue weighted by atomic mass is 10.2. The molecule has 0 fully saturated rings. The van der Waals surface area contributed by atoms with Gasteiger partial charge in [-0.05, 0) is 25.3 Å². The Morgan fingerprint density at radius 3 is 2.86 bits per heavy atom. The Balaban J connectivity index is 2.77. The molecular weight excluding hydrogens is 180 g/mol. The Morgan fingerprint density at radius 2 is 2.21 bits per heavy atom. The summed E-state index contributed by atoms with van der Waals surface area (Å²) in [5.41, 5.74) is 7.10. The fourth-order valence-corrected chi connectivity index (χ4v) is 1.25. The van der Waals surface area contributed by atoms with Gasteiger partial charge >= 0.3 is 0 Å². The summed E-state index contributed by atoms with van der Waals surface area (Å²) in [4.78, 5) is 11.4. The van der Waals surface area contributed by atoms with Gasteiger partial charge in [-0.2, -0.15) is 0 Å². The number of nitrogens with zero attached hydrogens (tertiary/aromatic N) is 1. The number of hydrogen-bond acceptors (Lipinski definition) is 3. The number of anilines is 1. The van der Waals surface area contributed by atoms with Crippen LogP contribution in [0.1, 0.15) is 18.4 Å². The Morgan fingerprint density at radius 1 is 1.50 bits per heavy atom. The zero-order valence-corrected chi connectivity index (χ0v) is 8.36. The van der Waals surface area contributed by atoms with Crippen LogP contribution in [0.4, 0.5) is 5.69 Å². The highest BCUT2D eigenvalue weighted by Gasteiger charge is 1.99. The molecule has 0 unspecified atom stereocenters. The number of nitrogens with two attached hydrogens (primary N) is 1. The van der Waals surface area contributed by atoms with Crippen molar-refractivity contribution in [2.24, 2.45) is 0 Å². The average Bonchev–Trinajstić information content (AvgIpc) is 2.14. The van der Waals surface area contributed by atoms with Crippen molar-refractivity contribution >= 4 is 5.69 Å². The van der Waals surface area contributed by atoms with Crippen LogP contribution in [0.15, 0.2) is 17.1 Å². The van der Waals surface area contributed by atoms with Crippen LogP contribution in [0.2, 0.25) is 0 Å². The van der Waals surface area contributed by atoms with E-state index in [9.17, 15) is 4.79 Å². The molecule has 1 rings (SSSR count). The van der Waals surface area contributed by atoms with E-state index < -0.39 is 0 Å². The van der Waals surface area contributed by atoms with Gasteiger partial charge < -0.3 is 15.4 Å². The first kappa shape index (κ1) is 10.8. The van der Waals surface area contributed by atoms with Crippen molar-refractivity contribution in [2.45, 2.75) is 26.3 Å². The highest BCUT2D eigenvalue weighted by molar-refractivity contribution is 5.42. The molecule has 3 N–H and O–H groups in total. The van der Waals surface area contributed by atoms with Crippen LogP contribution in [-0.2, 0) is 6.54 Å². The third-order valence-electron chi connectivity index (χ3n) is 2.18. The van der Waals surface area contributed by atoms with E-state index in [1.54, 1.807) is 10.8 Å². The second kappa shape index (κ2) is 4.81. The van der Waals surface area contributed by atoms with Crippen LogP contribution in [-0.4, -0.2) is 16.3 Å². The van der Waals surface area contributed by atoms with Gasteiger partial charge in [-0.1, -0.05) is 0 Å². The van der Waals surface area contributed by atoms with Crippen molar-refractivity contribution in [1.29, 1.82) is 0 Å². The Kier molecular flexibility index (Phi) is 3.71. The van der Waals surface area contributed by atoms with Crippen LogP contribution >= 0.6 is 0 Å². The summed E-state index contributed by atoms with van der Waals surface area (Å²) in [6.07, 6.45) is 3.16. The van der Waals surface area contributed by atoms with Gasteiger partial charge in [-0.3, -0.25) is 4.79 Å². The van der Waals surface area contributed by atoms with Gasteiger partial charge in [0, 0.05) is 25.4 Å². The smallest absolute Gasteiger partial charge is 0.250 e. The van der Waals surface area contributed by atoms with Gasteiger partial charge in [0.25, 0.3) is 5.56 Å². The van der Waals surface area contributed by atoms with Crippen LogP contribution in [0.25, 0.3) is 0 Å². The van der Waals surface area contributed by atoms with Gasteiger partial charge in [0.2, 0.25) is 0 Å². The molecule has 0 atom stereocenters. The minimum absolute atomic E-state index is 0.0327. The molecule has 14 heavy (non-hydrogen) atoms. The maximum absolute atomic E-state index is 11.4. The minimum Gasteiger partial charge on any atom is -0.397 e. The number of rotatable bonds is 4. The third-order valence-corrected chi connectivity index (χ3v) is 2.18. The first-order valence-corrected chi connectivity index (χ1v) is 4.72. The van der Waals surface area contributed by atoms with E-state index in [1.165, 1.54) is 6.07 Å². The summed E-state index contributed by atoms with van der Waals surface area (Å²) in [5.74, 6) is 0. The SMILES string of the molecule is Cc1cc(=O)n(CCCCO)cc1N. The van der Waals surface area contributed by atoms with E-state index in [2.05, 4.69) is 0 Å². The van der Waals surface area contributed by atoms with Crippen molar-refractivity contribution in [2.75, 3.05) is 12.3 Å². The zero-order chi connectivity index (χ0) is 10.6. The number of unbranched alkanes of at least 4 members (excludes halogenated alkanes) is 1. The van der Waals surface area contributed by atoms with E-state index in [0.29, 0.717) is 18.7 Å². The molecular formula is C10H16N2O2. The van der Waals surface area contributed by atoms with Crippen LogP contribution in [0.3, 0.4) is 0 Å². The molecule has 1 aromatic rings. The highest BCUT2D eigenvalue weighted by atomic mass is 16.2. The third kappa shape index (κ3) is 2.60. The highest BCUT2D eigenvalue weighted by Crippen LogP contribution is 2.05. The molecule has 0 aliphatic heterocycles. The molecule has 1 heterocycles. The van der Waals surface area contributed by atoms with Gasteiger partial charge in [-0.25, -0.2) is 0 Å². The molecule has 0 aliphatic carbocycles. The van der Waals surface area contributed by atoms with E-state index in [-0.39, 0.29) is 12.2 Å². The first-order valence-electron chi connectivity index (χ1n) is 4.72. The fraction of sp³-hybridized carbons (Fsp3) is 0.500. The lowest BCUT2D eigenvalue weighted by Crippen LogP contribution is -2.20. The topological polar surface area (TPSA) is 68.2 Å². The Hall–Kier alpha value is -1.29. The lowest BCUT2D eigenvalue weighted by Gasteiger charge is -2.07. The normalized spacial score (nSPS) is 10.4. The van der Waals surface area contributed by atoms with Crippen molar-refractivity contribution < 1.29 is 5.11 Å². The van der Waals surface area contributed by atoms with E-state index in [4.69, 9.17) is 10.8 Å². The number of aliphatic hydroxyl groups is 1. The number of nitrogen functional groups attached to an aromatic ring is 1. The van der Waals surface area contributed by atoms with Gasteiger partial charge in [-0.15, -0.1) is 0 Å². The summed E-state index contributed by atoms with van der Waals surface area (Å²) in [7, 11) is 0. The summed E-state index contributed by atoms with van der Waals surface area (Å²) in [5, 5.41) is 8.60. The van der Waals surface area contributed by atoms with Gasteiger partial charge in [0.1, 0.15) is 0 Å². The van der Waals surface area contributed by atoms with Gasteiger partial charge in [0.05, 0.1) is 5.69 Å². The summed E-state index contributed by atoms with van der Waals surface area (Å²) in [6, 6.07) is 1.54. The monoisotopic (exact) mass is 196 g/mol. The summed E-state index contributed by atoms with van der Waals surface area (Å²) >= 11 is 0. The first-order chi connectivity index (χ1) is 6.65. The van der Waals surface area contributed by atoms with Crippen molar-refractivity contribution in [3.8, 4) is 0 Å². The predicted octanol–water partition coefficient (Wildman–Crippen LogP) is 0.511. The molecule has 1 aromatic heterocycles. The molecule has 0 spiro atoms. The maximum Gasteiger partial charge on any atom is 0.250 e. The molecule has 0 aromatic carbocycles. The molecule has 0 saturated heterocycles. The zero-order valence-electron chi connectivity index (χ0n) is 8.36. The van der Waals surface area contributed by atoms with Crippen molar-refractivity contribution in [3.63, 3.8) is 0 Å². The van der Waals surface area contributed by atoms with Crippen molar-refractivity contribution in [1.82, 2.24) is 4.57 Å². The molecule has 0 bridgehead atoms. The maximum atomic E-state index is 11.4. The van der Waals surface area contributed by atoms with Crippen LogP contribution in [0, 0.1) is 6.92 Å². The molecule has 78 valence electrons. The largest absolute Gasteiger partial charge is 0.397 e. The van der Waals surface area contributed by atoms with E-state index in [0.717, 1.165) is 12.0 Å². The van der Waals surface area contributed by atoms with Crippen LogP contribution < -0.4 is 11.3 Å². The number of pyridine rings is 1. The summed E-state index contributed by atoms with van der Waals surface area (Å²) < 4.78 is 1.58. The van der Waals surface area contributed by atoms with Gasteiger partial charge in [0.15, 0.2) is 0 Å². The Labute approximate surface area is 83.0 Å². The van der Waals surface area contributed by atoms with E-state index >= 15 is 0 Å².